The fourth-order valence-electron chi connectivity index (χ4n) is 3.18. The molecule has 0 aliphatic carbocycles. The first kappa shape index (κ1) is 17.5. The van der Waals surface area contributed by atoms with Crippen molar-refractivity contribution >= 4 is 28.6 Å². The Labute approximate surface area is 162 Å². The average Bonchev–Trinajstić information content (AvgIpc) is 3.18. The van der Waals surface area contributed by atoms with Crippen LogP contribution in [0.5, 0.6) is 5.75 Å². The van der Waals surface area contributed by atoms with Gasteiger partial charge in [0.05, 0.1) is 29.1 Å². The van der Waals surface area contributed by atoms with E-state index < -0.39 is 0 Å². The highest BCUT2D eigenvalue weighted by Gasteiger charge is 2.35. The van der Waals surface area contributed by atoms with Gasteiger partial charge in [-0.15, -0.1) is 11.3 Å². The van der Waals surface area contributed by atoms with E-state index in [4.69, 9.17) is 9.72 Å². The molecule has 6 heteroatoms. The van der Waals surface area contributed by atoms with Crippen molar-refractivity contribution in [1.82, 2.24) is 4.98 Å². The summed E-state index contributed by atoms with van der Waals surface area (Å²) >= 11 is 1.62. The molecule has 1 unspecified atom stereocenters. The number of rotatable bonds is 4. The van der Waals surface area contributed by atoms with Gasteiger partial charge in [0, 0.05) is 23.1 Å². The van der Waals surface area contributed by atoms with Crippen LogP contribution in [0.3, 0.4) is 0 Å². The number of hydrogen-bond donors (Lipinski definition) is 1. The number of carbonyl (C=O) groups is 1. The minimum absolute atomic E-state index is 0.0540. The van der Waals surface area contributed by atoms with Crippen LogP contribution < -0.4 is 15.0 Å². The molecule has 27 heavy (non-hydrogen) atoms. The van der Waals surface area contributed by atoms with E-state index in [1.165, 1.54) is 0 Å². The molecule has 0 bridgehead atoms. The van der Waals surface area contributed by atoms with E-state index >= 15 is 0 Å². The SMILES string of the molecule is COc1cccc(N2C(=O)c3ccccc3NC2c2csc(C(C)C)n2)c1. The van der Waals surface area contributed by atoms with E-state index in [0.717, 1.165) is 22.1 Å². The highest BCUT2D eigenvalue weighted by Crippen LogP contribution is 2.38. The lowest BCUT2D eigenvalue weighted by Crippen LogP contribution is -2.43. The molecule has 1 aliphatic rings. The van der Waals surface area contributed by atoms with Gasteiger partial charge in [-0.25, -0.2) is 4.98 Å². The summed E-state index contributed by atoms with van der Waals surface area (Å²) in [5.41, 5.74) is 3.08. The molecule has 2 heterocycles. The number of thiazole rings is 1. The quantitative estimate of drug-likeness (QED) is 0.689. The molecule has 0 fully saturated rings. The summed E-state index contributed by atoms with van der Waals surface area (Å²) < 4.78 is 5.35. The smallest absolute Gasteiger partial charge is 0.262 e. The molecule has 0 saturated heterocycles. The molecule has 1 atom stereocenters. The van der Waals surface area contributed by atoms with Crippen LogP contribution in [0.4, 0.5) is 11.4 Å². The maximum absolute atomic E-state index is 13.4. The van der Waals surface area contributed by atoms with E-state index in [1.807, 2.05) is 53.9 Å². The fraction of sp³-hybridized carbons (Fsp3) is 0.238. The molecule has 1 aliphatic heterocycles. The summed E-state index contributed by atoms with van der Waals surface area (Å²) in [7, 11) is 1.62. The minimum atomic E-state index is -0.372. The minimum Gasteiger partial charge on any atom is -0.497 e. The first-order chi connectivity index (χ1) is 13.1. The summed E-state index contributed by atoms with van der Waals surface area (Å²) in [5.74, 6) is 1.00. The van der Waals surface area contributed by atoms with Crippen molar-refractivity contribution in [2.75, 3.05) is 17.3 Å². The van der Waals surface area contributed by atoms with Crippen molar-refractivity contribution < 1.29 is 9.53 Å². The third kappa shape index (κ3) is 3.17. The molecular weight excluding hydrogens is 358 g/mol. The van der Waals surface area contributed by atoms with Crippen LogP contribution in [0.2, 0.25) is 0 Å². The Hall–Kier alpha value is -2.86. The average molecular weight is 379 g/mol. The molecule has 0 radical (unpaired) electrons. The van der Waals surface area contributed by atoms with E-state index in [2.05, 4.69) is 19.2 Å². The third-order valence-electron chi connectivity index (χ3n) is 4.57. The Bertz CT molecular complexity index is 983. The lowest BCUT2D eigenvalue weighted by Gasteiger charge is -2.37. The van der Waals surface area contributed by atoms with Crippen molar-refractivity contribution in [2.45, 2.75) is 25.9 Å². The van der Waals surface area contributed by atoms with Gasteiger partial charge in [-0.1, -0.05) is 32.0 Å². The first-order valence-electron chi connectivity index (χ1n) is 8.87. The van der Waals surface area contributed by atoms with Crippen LogP contribution in [0, 0.1) is 0 Å². The van der Waals surface area contributed by atoms with Crippen LogP contribution >= 0.6 is 11.3 Å². The zero-order valence-corrected chi connectivity index (χ0v) is 16.3. The number of hydrogen-bond acceptors (Lipinski definition) is 5. The van der Waals surface area contributed by atoms with Crippen molar-refractivity contribution in [3.63, 3.8) is 0 Å². The van der Waals surface area contributed by atoms with Gasteiger partial charge < -0.3 is 10.1 Å². The molecular formula is C21H21N3O2S. The predicted molar refractivity (Wildman–Crippen MR) is 109 cm³/mol. The van der Waals surface area contributed by atoms with Crippen LogP contribution in [-0.4, -0.2) is 18.0 Å². The third-order valence-corrected chi connectivity index (χ3v) is 5.74. The molecule has 138 valence electrons. The van der Waals surface area contributed by atoms with Crippen LogP contribution in [0.25, 0.3) is 0 Å². The van der Waals surface area contributed by atoms with E-state index in [9.17, 15) is 4.79 Å². The molecule has 2 aromatic carbocycles. The largest absolute Gasteiger partial charge is 0.497 e. The van der Waals surface area contributed by atoms with Gasteiger partial charge in [-0.3, -0.25) is 9.69 Å². The van der Waals surface area contributed by atoms with Gasteiger partial charge in [-0.05, 0) is 24.3 Å². The number of methoxy groups -OCH3 is 1. The van der Waals surface area contributed by atoms with Gasteiger partial charge in [0.25, 0.3) is 5.91 Å². The Balaban J connectivity index is 1.83. The summed E-state index contributed by atoms with van der Waals surface area (Å²) in [5, 5.41) is 6.58. The molecule has 1 amide bonds. The monoisotopic (exact) mass is 379 g/mol. The molecule has 5 nitrogen and oxygen atoms in total. The first-order valence-corrected chi connectivity index (χ1v) is 9.75. The van der Waals surface area contributed by atoms with Gasteiger partial charge >= 0.3 is 0 Å². The Kier molecular flexibility index (Phi) is 4.58. The highest BCUT2D eigenvalue weighted by molar-refractivity contribution is 7.09. The summed E-state index contributed by atoms with van der Waals surface area (Å²) in [6.07, 6.45) is -0.372. The Morgan fingerprint density at radius 2 is 2.00 bits per heavy atom. The van der Waals surface area contributed by atoms with Gasteiger partial charge in [0.2, 0.25) is 0 Å². The fourth-order valence-corrected chi connectivity index (χ4v) is 4.03. The maximum atomic E-state index is 13.4. The number of nitrogens with one attached hydrogen (secondary N) is 1. The van der Waals surface area contributed by atoms with Crippen molar-refractivity contribution in [3.05, 3.63) is 70.2 Å². The normalized spacial score (nSPS) is 16.2. The summed E-state index contributed by atoms with van der Waals surface area (Å²) in [6, 6.07) is 15.1. The number of nitrogens with zero attached hydrogens (tertiary/aromatic N) is 2. The highest BCUT2D eigenvalue weighted by atomic mass is 32.1. The molecule has 0 saturated carbocycles. The standard InChI is InChI=1S/C21H21N3O2S/c1-13(2)20-23-18(12-27-20)19-22-17-10-5-4-9-16(17)21(25)24(19)14-7-6-8-15(11-14)26-3/h4-13,19,22H,1-3H3. The second kappa shape index (κ2) is 7.04. The maximum Gasteiger partial charge on any atom is 0.262 e. The van der Waals surface area contributed by atoms with Crippen LogP contribution in [0.1, 0.15) is 47.0 Å². The number of aromatic nitrogens is 1. The molecule has 1 N–H and O–H groups in total. The zero-order chi connectivity index (χ0) is 19.0. The van der Waals surface area contributed by atoms with Gasteiger partial charge in [-0.2, -0.15) is 0 Å². The molecule has 3 aromatic rings. The number of carbonyl (C=O) groups excluding carboxylic acids is 1. The molecule has 4 rings (SSSR count). The Morgan fingerprint density at radius 1 is 1.19 bits per heavy atom. The van der Waals surface area contributed by atoms with Crippen LogP contribution in [0.15, 0.2) is 53.9 Å². The number of fused-ring (bicyclic) bond motifs is 1. The number of amides is 1. The lowest BCUT2D eigenvalue weighted by molar-refractivity contribution is 0.0974. The number of para-hydroxylation sites is 1. The van der Waals surface area contributed by atoms with Crippen LogP contribution in [-0.2, 0) is 0 Å². The predicted octanol–water partition coefficient (Wildman–Crippen LogP) is 5.05. The topological polar surface area (TPSA) is 54.5 Å². The number of benzene rings is 2. The number of anilines is 2. The van der Waals surface area contributed by atoms with Crippen molar-refractivity contribution in [2.24, 2.45) is 0 Å². The van der Waals surface area contributed by atoms with E-state index in [-0.39, 0.29) is 12.1 Å². The lowest BCUT2D eigenvalue weighted by atomic mass is 10.1. The molecule has 1 aromatic heterocycles. The van der Waals surface area contributed by atoms with E-state index in [0.29, 0.717) is 17.2 Å². The van der Waals surface area contributed by atoms with Gasteiger partial charge in [0.1, 0.15) is 5.75 Å². The van der Waals surface area contributed by atoms with Gasteiger partial charge in [0.15, 0.2) is 6.17 Å². The second-order valence-corrected chi connectivity index (χ2v) is 7.62. The second-order valence-electron chi connectivity index (χ2n) is 6.73. The summed E-state index contributed by atoms with van der Waals surface area (Å²) in [4.78, 5) is 19.9. The summed E-state index contributed by atoms with van der Waals surface area (Å²) in [6.45, 7) is 4.24. The van der Waals surface area contributed by atoms with Crippen molar-refractivity contribution in [3.8, 4) is 5.75 Å². The van der Waals surface area contributed by atoms with E-state index in [1.54, 1.807) is 23.3 Å². The van der Waals surface area contributed by atoms with Crippen molar-refractivity contribution in [1.29, 1.82) is 0 Å². The Morgan fingerprint density at radius 3 is 2.74 bits per heavy atom. The molecule has 0 spiro atoms. The number of ether oxygens (including phenoxy) is 1. The zero-order valence-electron chi connectivity index (χ0n) is 15.5.